The summed E-state index contributed by atoms with van der Waals surface area (Å²) in [5, 5.41) is 30.4. The Labute approximate surface area is 124 Å². The van der Waals surface area contributed by atoms with Crippen LogP contribution in [-0.2, 0) is 18.0 Å². The summed E-state index contributed by atoms with van der Waals surface area (Å²) < 4.78 is 10.5. The van der Waals surface area contributed by atoms with Crippen molar-refractivity contribution in [1.82, 2.24) is 5.32 Å². The monoisotopic (exact) mass is 297 g/mol. The molecule has 1 aromatic carbocycles. The van der Waals surface area contributed by atoms with Gasteiger partial charge >= 0.3 is 0 Å². The molecule has 0 amide bonds. The Morgan fingerprint density at radius 2 is 1.86 bits per heavy atom. The average Bonchev–Trinajstić information content (AvgIpc) is 2.52. The van der Waals surface area contributed by atoms with Crippen LogP contribution < -0.4 is 10.1 Å². The largest absolute Gasteiger partial charge is 0.494 e. The van der Waals surface area contributed by atoms with Crippen LogP contribution in [0.25, 0.3) is 0 Å². The first-order chi connectivity index (χ1) is 10.2. The highest BCUT2D eigenvalue weighted by Gasteiger charge is 2.03. The molecule has 1 atom stereocenters. The van der Waals surface area contributed by atoms with Gasteiger partial charge in [-0.2, -0.15) is 0 Å². The van der Waals surface area contributed by atoms with E-state index in [9.17, 15) is 5.11 Å². The maximum atomic E-state index is 9.36. The van der Waals surface area contributed by atoms with E-state index in [-0.39, 0.29) is 19.8 Å². The summed E-state index contributed by atoms with van der Waals surface area (Å²) in [6.45, 7) is 4.55. The van der Waals surface area contributed by atoms with E-state index in [4.69, 9.17) is 19.7 Å². The van der Waals surface area contributed by atoms with E-state index in [1.807, 2.05) is 0 Å². The average molecular weight is 297 g/mol. The molecule has 0 bridgehead atoms. The Kier molecular flexibility index (Phi) is 8.65. The minimum Gasteiger partial charge on any atom is -0.494 e. The summed E-state index contributed by atoms with van der Waals surface area (Å²) in [5.41, 5.74) is 1.39. The second kappa shape index (κ2) is 10.3. The van der Waals surface area contributed by atoms with Gasteiger partial charge in [0.15, 0.2) is 0 Å². The number of aliphatic hydroxyl groups excluding tert-OH is 3. The molecule has 0 fully saturated rings. The SMILES string of the molecule is C=CCOC(O)NCCCOc1cc(CO)cc(CO)c1. The van der Waals surface area contributed by atoms with Crippen LogP contribution in [0.5, 0.6) is 5.75 Å². The maximum absolute atomic E-state index is 9.36. The van der Waals surface area contributed by atoms with Gasteiger partial charge < -0.3 is 24.8 Å². The summed E-state index contributed by atoms with van der Waals surface area (Å²) in [4.78, 5) is 0. The predicted molar refractivity (Wildman–Crippen MR) is 78.6 cm³/mol. The second-order valence-corrected chi connectivity index (χ2v) is 4.43. The Morgan fingerprint density at radius 1 is 1.19 bits per heavy atom. The van der Waals surface area contributed by atoms with E-state index in [1.54, 1.807) is 24.3 Å². The number of aliphatic hydroxyl groups is 3. The van der Waals surface area contributed by atoms with Crippen molar-refractivity contribution >= 4 is 0 Å². The number of benzene rings is 1. The molecule has 0 radical (unpaired) electrons. The van der Waals surface area contributed by atoms with E-state index >= 15 is 0 Å². The van der Waals surface area contributed by atoms with Crippen molar-refractivity contribution in [1.29, 1.82) is 0 Å². The predicted octanol–water partition coefficient (Wildman–Crippen LogP) is 0.508. The van der Waals surface area contributed by atoms with Gasteiger partial charge in [-0.3, -0.25) is 5.32 Å². The lowest BCUT2D eigenvalue weighted by molar-refractivity contribution is -0.110. The summed E-state index contributed by atoms with van der Waals surface area (Å²) >= 11 is 0. The molecular weight excluding hydrogens is 274 g/mol. The highest BCUT2D eigenvalue weighted by molar-refractivity contribution is 5.33. The molecule has 6 nitrogen and oxygen atoms in total. The molecule has 0 heterocycles. The van der Waals surface area contributed by atoms with Gasteiger partial charge in [0.05, 0.1) is 26.4 Å². The topological polar surface area (TPSA) is 91.2 Å². The molecule has 118 valence electrons. The van der Waals surface area contributed by atoms with Gasteiger partial charge in [0.1, 0.15) is 5.75 Å². The first-order valence-corrected chi connectivity index (χ1v) is 6.81. The van der Waals surface area contributed by atoms with Gasteiger partial charge in [-0.1, -0.05) is 12.1 Å². The minimum atomic E-state index is -1.01. The van der Waals surface area contributed by atoms with Crippen LogP contribution in [0.3, 0.4) is 0 Å². The second-order valence-electron chi connectivity index (χ2n) is 4.43. The molecule has 0 aliphatic rings. The first kappa shape index (κ1) is 17.6. The molecule has 0 aromatic heterocycles. The molecule has 0 spiro atoms. The smallest absolute Gasteiger partial charge is 0.213 e. The van der Waals surface area contributed by atoms with Gasteiger partial charge in [-0.15, -0.1) is 6.58 Å². The van der Waals surface area contributed by atoms with Crippen LogP contribution in [0.2, 0.25) is 0 Å². The van der Waals surface area contributed by atoms with Crippen molar-refractivity contribution in [2.45, 2.75) is 26.0 Å². The van der Waals surface area contributed by atoms with Crippen molar-refractivity contribution in [2.75, 3.05) is 19.8 Å². The number of hydrogen-bond acceptors (Lipinski definition) is 6. The zero-order chi connectivity index (χ0) is 15.5. The Bertz CT molecular complexity index is 402. The van der Waals surface area contributed by atoms with E-state index in [1.165, 1.54) is 0 Å². The van der Waals surface area contributed by atoms with Gasteiger partial charge in [0.25, 0.3) is 0 Å². The fourth-order valence-corrected chi connectivity index (χ4v) is 1.70. The van der Waals surface area contributed by atoms with Crippen molar-refractivity contribution in [2.24, 2.45) is 0 Å². The first-order valence-electron chi connectivity index (χ1n) is 6.81. The summed E-state index contributed by atoms with van der Waals surface area (Å²) in [5.74, 6) is 0.606. The van der Waals surface area contributed by atoms with Crippen LogP contribution in [0.15, 0.2) is 30.9 Å². The third-order valence-corrected chi connectivity index (χ3v) is 2.67. The highest BCUT2D eigenvalue weighted by Crippen LogP contribution is 2.17. The third-order valence-electron chi connectivity index (χ3n) is 2.67. The molecule has 1 unspecified atom stereocenters. The Hall–Kier alpha value is -1.44. The lowest BCUT2D eigenvalue weighted by Gasteiger charge is -2.13. The zero-order valence-corrected chi connectivity index (χ0v) is 12.0. The minimum absolute atomic E-state index is 0.0986. The fourth-order valence-electron chi connectivity index (χ4n) is 1.70. The van der Waals surface area contributed by atoms with Crippen molar-refractivity contribution in [3.8, 4) is 5.75 Å². The van der Waals surface area contributed by atoms with Gasteiger partial charge in [-0.25, -0.2) is 0 Å². The number of hydrogen-bond donors (Lipinski definition) is 4. The molecule has 6 heteroatoms. The normalized spacial score (nSPS) is 12.1. The van der Waals surface area contributed by atoms with Crippen LogP contribution in [0.4, 0.5) is 0 Å². The fraction of sp³-hybridized carbons (Fsp3) is 0.467. The van der Waals surface area contributed by atoms with Crippen molar-refractivity contribution in [3.63, 3.8) is 0 Å². The molecule has 0 aliphatic carbocycles. The third kappa shape index (κ3) is 7.22. The maximum Gasteiger partial charge on any atom is 0.213 e. The summed E-state index contributed by atoms with van der Waals surface area (Å²) in [7, 11) is 0. The van der Waals surface area contributed by atoms with E-state index in [0.717, 1.165) is 0 Å². The molecular formula is C15H23NO5. The van der Waals surface area contributed by atoms with Crippen LogP contribution in [0, 0.1) is 0 Å². The number of nitrogens with one attached hydrogen (secondary N) is 1. The van der Waals surface area contributed by atoms with E-state index in [0.29, 0.717) is 36.4 Å². The van der Waals surface area contributed by atoms with Crippen LogP contribution in [-0.4, -0.2) is 41.5 Å². The van der Waals surface area contributed by atoms with Crippen LogP contribution >= 0.6 is 0 Å². The van der Waals surface area contributed by atoms with Gasteiger partial charge in [0, 0.05) is 6.54 Å². The lowest BCUT2D eigenvalue weighted by Crippen LogP contribution is -2.32. The van der Waals surface area contributed by atoms with E-state index in [2.05, 4.69) is 11.9 Å². The van der Waals surface area contributed by atoms with Crippen molar-refractivity contribution in [3.05, 3.63) is 42.0 Å². The molecule has 21 heavy (non-hydrogen) atoms. The molecule has 0 saturated heterocycles. The summed E-state index contributed by atoms with van der Waals surface area (Å²) in [6, 6.07) is 5.19. The van der Waals surface area contributed by atoms with Crippen molar-refractivity contribution < 1.29 is 24.8 Å². The van der Waals surface area contributed by atoms with Gasteiger partial charge in [-0.05, 0) is 29.7 Å². The lowest BCUT2D eigenvalue weighted by atomic mass is 10.1. The Morgan fingerprint density at radius 3 is 2.43 bits per heavy atom. The number of rotatable bonds is 11. The molecule has 1 rings (SSSR count). The van der Waals surface area contributed by atoms with E-state index < -0.39 is 6.41 Å². The van der Waals surface area contributed by atoms with Gasteiger partial charge in [0.2, 0.25) is 6.41 Å². The quantitative estimate of drug-likeness (QED) is 0.270. The zero-order valence-electron chi connectivity index (χ0n) is 12.0. The Balaban J connectivity index is 2.27. The highest BCUT2D eigenvalue weighted by atomic mass is 16.6. The molecule has 0 aliphatic heterocycles. The van der Waals surface area contributed by atoms with Crippen LogP contribution in [0.1, 0.15) is 17.5 Å². The number of ether oxygens (including phenoxy) is 2. The standard InChI is InChI=1S/C15H23NO5/c1-2-5-21-15(19)16-4-3-6-20-14-8-12(10-17)7-13(9-14)11-18/h2,7-9,15-19H,1,3-6,10-11H2. The molecule has 0 saturated carbocycles. The molecule has 1 aromatic rings. The summed E-state index contributed by atoms with van der Waals surface area (Å²) in [6.07, 6.45) is 1.22. The molecule has 4 N–H and O–H groups in total.